The second kappa shape index (κ2) is 3.64. The van der Waals surface area contributed by atoms with E-state index in [0.717, 1.165) is 0 Å². The highest BCUT2D eigenvalue weighted by Gasteiger charge is 1.98. The van der Waals surface area contributed by atoms with Crippen LogP contribution in [0.3, 0.4) is 0 Å². The van der Waals surface area contributed by atoms with Crippen LogP contribution in [0.4, 0.5) is 0 Å². The molecule has 2 rings (SSSR count). The van der Waals surface area contributed by atoms with Crippen LogP contribution < -0.4 is 5.73 Å². The molecule has 0 amide bonds. The number of fused-ring (bicyclic) bond motifs is 1. The molecule has 0 saturated heterocycles. The van der Waals surface area contributed by atoms with Gasteiger partial charge in [0.25, 0.3) is 0 Å². The molecule has 0 unspecified atom stereocenters. The molecular weight excluding hydrogens is 273 g/mol. The van der Waals surface area contributed by atoms with Crippen LogP contribution in [0.5, 0.6) is 0 Å². The van der Waals surface area contributed by atoms with Crippen molar-refractivity contribution in [2.45, 2.75) is 6.54 Å². The lowest BCUT2D eigenvalue weighted by Crippen LogP contribution is -1.95. The van der Waals surface area contributed by atoms with E-state index in [9.17, 15) is 0 Å². The van der Waals surface area contributed by atoms with Crippen LogP contribution in [-0.2, 0) is 6.54 Å². The fourth-order valence-corrected chi connectivity index (χ4v) is 2.08. The highest BCUT2D eigenvalue weighted by Crippen LogP contribution is 2.21. The Labute approximate surface area is 91.1 Å². The Bertz CT molecular complexity index is 437. The van der Waals surface area contributed by atoms with E-state index < -0.39 is 0 Å². The van der Waals surface area contributed by atoms with Crippen molar-refractivity contribution in [2.24, 2.45) is 5.73 Å². The third kappa shape index (κ3) is 1.69. The second-order valence-corrected chi connectivity index (χ2v) is 4.16. The first-order valence-corrected chi connectivity index (χ1v) is 5.26. The lowest BCUT2D eigenvalue weighted by molar-refractivity contribution is 1.08. The molecule has 2 aromatic carbocycles. The lowest BCUT2D eigenvalue weighted by Gasteiger charge is -2.02. The van der Waals surface area contributed by atoms with Crippen LogP contribution in [0, 0.1) is 3.57 Å². The number of nitrogens with two attached hydrogens (primary N) is 1. The quantitative estimate of drug-likeness (QED) is 0.800. The van der Waals surface area contributed by atoms with Crippen molar-refractivity contribution in [3.8, 4) is 0 Å². The van der Waals surface area contributed by atoms with E-state index in [2.05, 4.69) is 59.0 Å². The van der Waals surface area contributed by atoms with Gasteiger partial charge in [-0.15, -0.1) is 0 Å². The molecule has 0 aliphatic carbocycles. The first kappa shape index (κ1) is 8.97. The summed E-state index contributed by atoms with van der Waals surface area (Å²) in [5, 5.41) is 2.58. The Morgan fingerprint density at radius 2 is 2.00 bits per heavy atom. The number of hydrogen-bond donors (Lipinski definition) is 1. The standard InChI is InChI=1S/C11H10IN/c12-11-3-1-2-9-5-4-8(7-13)6-10(9)11/h1-6H,7,13H2. The molecule has 0 aliphatic heterocycles. The third-order valence-electron chi connectivity index (χ3n) is 2.13. The van der Waals surface area contributed by atoms with Crippen molar-refractivity contribution in [3.05, 3.63) is 45.5 Å². The minimum absolute atomic E-state index is 0.612. The monoisotopic (exact) mass is 283 g/mol. The molecule has 0 bridgehead atoms. The van der Waals surface area contributed by atoms with Gasteiger partial charge in [-0.1, -0.05) is 24.3 Å². The van der Waals surface area contributed by atoms with Gasteiger partial charge in [0.1, 0.15) is 0 Å². The molecule has 2 N–H and O–H groups in total. The van der Waals surface area contributed by atoms with Gasteiger partial charge in [0.05, 0.1) is 0 Å². The maximum Gasteiger partial charge on any atom is 0.0208 e. The minimum atomic E-state index is 0.612. The summed E-state index contributed by atoms with van der Waals surface area (Å²) in [6.45, 7) is 0.612. The summed E-state index contributed by atoms with van der Waals surface area (Å²) in [5.74, 6) is 0. The van der Waals surface area contributed by atoms with Gasteiger partial charge in [0.2, 0.25) is 0 Å². The van der Waals surface area contributed by atoms with Gasteiger partial charge in [0, 0.05) is 10.1 Å². The van der Waals surface area contributed by atoms with E-state index in [0.29, 0.717) is 6.54 Å². The first-order valence-electron chi connectivity index (χ1n) is 4.18. The normalized spacial score (nSPS) is 10.6. The van der Waals surface area contributed by atoms with Gasteiger partial charge >= 0.3 is 0 Å². The van der Waals surface area contributed by atoms with Crippen molar-refractivity contribution in [2.75, 3.05) is 0 Å². The predicted molar refractivity (Wildman–Crippen MR) is 64.6 cm³/mol. The largest absolute Gasteiger partial charge is 0.326 e. The molecule has 0 spiro atoms. The summed E-state index contributed by atoms with van der Waals surface area (Å²) in [7, 11) is 0. The highest BCUT2D eigenvalue weighted by molar-refractivity contribution is 14.1. The van der Waals surface area contributed by atoms with Crippen LogP contribution >= 0.6 is 22.6 Å². The van der Waals surface area contributed by atoms with E-state index in [4.69, 9.17) is 5.73 Å². The summed E-state index contributed by atoms with van der Waals surface area (Å²) in [4.78, 5) is 0. The molecule has 0 saturated carbocycles. The zero-order valence-electron chi connectivity index (χ0n) is 7.13. The van der Waals surface area contributed by atoms with Gasteiger partial charge in [-0.25, -0.2) is 0 Å². The Hall–Kier alpha value is -0.610. The molecule has 0 heterocycles. The maximum absolute atomic E-state index is 5.59. The summed E-state index contributed by atoms with van der Waals surface area (Å²) >= 11 is 2.35. The fourth-order valence-electron chi connectivity index (χ4n) is 1.41. The topological polar surface area (TPSA) is 26.0 Å². The van der Waals surface area contributed by atoms with E-state index in [1.165, 1.54) is 19.9 Å². The minimum Gasteiger partial charge on any atom is -0.326 e. The van der Waals surface area contributed by atoms with Gasteiger partial charge in [0.15, 0.2) is 0 Å². The maximum atomic E-state index is 5.59. The van der Waals surface area contributed by atoms with Gasteiger partial charge in [-0.2, -0.15) is 0 Å². The number of halogens is 1. The third-order valence-corrected chi connectivity index (χ3v) is 3.07. The van der Waals surface area contributed by atoms with Gasteiger partial charge in [-0.3, -0.25) is 0 Å². The molecule has 1 nitrogen and oxygen atoms in total. The zero-order chi connectivity index (χ0) is 9.26. The average molecular weight is 283 g/mol. The molecule has 0 atom stereocenters. The smallest absolute Gasteiger partial charge is 0.0208 e. The Morgan fingerprint density at radius 1 is 1.15 bits per heavy atom. The molecule has 13 heavy (non-hydrogen) atoms. The summed E-state index contributed by atoms with van der Waals surface area (Å²) in [6.07, 6.45) is 0. The zero-order valence-corrected chi connectivity index (χ0v) is 9.28. The van der Waals surface area contributed by atoms with E-state index in [-0.39, 0.29) is 0 Å². The van der Waals surface area contributed by atoms with Crippen molar-refractivity contribution < 1.29 is 0 Å². The van der Waals surface area contributed by atoms with Gasteiger partial charge < -0.3 is 5.73 Å². The number of benzene rings is 2. The van der Waals surface area contributed by atoms with E-state index in [1.54, 1.807) is 0 Å². The summed E-state index contributed by atoms with van der Waals surface area (Å²) in [5.41, 5.74) is 6.78. The molecule has 0 aromatic heterocycles. The fraction of sp³-hybridized carbons (Fsp3) is 0.0909. The van der Waals surface area contributed by atoms with E-state index >= 15 is 0 Å². The summed E-state index contributed by atoms with van der Waals surface area (Å²) < 4.78 is 1.28. The molecule has 0 fully saturated rings. The molecule has 2 heteroatoms. The molecule has 0 aliphatic rings. The Balaban J connectivity index is 2.74. The molecular formula is C11H10IN. The second-order valence-electron chi connectivity index (χ2n) is 3.00. The van der Waals surface area contributed by atoms with Gasteiger partial charge in [-0.05, 0) is 51.1 Å². The predicted octanol–water partition coefficient (Wildman–Crippen LogP) is 2.90. The van der Waals surface area contributed by atoms with Crippen molar-refractivity contribution >= 4 is 33.4 Å². The van der Waals surface area contributed by atoms with Crippen molar-refractivity contribution in [3.63, 3.8) is 0 Å². The number of rotatable bonds is 1. The Kier molecular flexibility index (Phi) is 2.51. The molecule has 0 radical (unpaired) electrons. The van der Waals surface area contributed by atoms with E-state index in [1.807, 2.05) is 0 Å². The lowest BCUT2D eigenvalue weighted by atomic mass is 10.1. The average Bonchev–Trinajstić information content (AvgIpc) is 2.18. The number of hydrogen-bond acceptors (Lipinski definition) is 1. The van der Waals surface area contributed by atoms with Crippen LogP contribution in [0.2, 0.25) is 0 Å². The van der Waals surface area contributed by atoms with Crippen molar-refractivity contribution in [1.82, 2.24) is 0 Å². The summed E-state index contributed by atoms with van der Waals surface area (Å²) in [6, 6.07) is 12.7. The first-order chi connectivity index (χ1) is 6.31. The van der Waals surface area contributed by atoms with Crippen molar-refractivity contribution in [1.29, 1.82) is 0 Å². The molecule has 66 valence electrons. The van der Waals surface area contributed by atoms with Crippen LogP contribution in [0.15, 0.2) is 36.4 Å². The van der Waals surface area contributed by atoms with Crippen LogP contribution in [-0.4, -0.2) is 0 Å². The highest BCUT2D eigenvalue weighted by atomic mass is 127. The van der Waals surface area contributed by atoms with Crippen LogP contribution in [0.25, 0.3) is 10.8 Å². The van der Waals surface area contributed by atoms with Crippen LogP contribution in [0.1, 0.15) is 5.56 Å². The molecule has 2 aromatic rings. The Morgan fingerprint density at radius 3 is 2.77 bits per heavy atom. The SMILES string of the molecule is NCc1ccc2cccc(I)c2c1.